The van der Waals surface area contributed by atoms with E-state index >= 15 is 0 Å². The van der Waals surface area contributed by atoms with Crippen molar-refractivity contribution in [1.29, 1.82) is 0 Å². The van der Waals surface area contributed by atoms with Gasteiger partial charge in [-0.1, -0.05) is 12.1 Å². The van der Waals surface area contributed by atoms with Crippen LogP contribution in [-0.4, -0.2) is 73.2 Å². The molecule has 2 saturated heterocycles. The third-order valence-electron chi connectivity index (χ3n) is 6.96. The van der Waals surface area contributed by atoms with Gasteiger partial charge in [-0.15, -0.1) is 0 Å². The van der Waals surface area contributed by atoms with Gasteiger partial charge in [0.2, 0.25) is 5.76 Å². The summed E-state index contributed by atoms with van der Waals surface area (Å²) in [4.78, 5) is 38.7. The fourth-order valence-corrected chi connectivity index (χ4v) is 4.79. The Morgan fingerprint density at radius 1 is 0.927 bits per heavy atom. The second-order valence-corrected chi connectivity index (χ2v) is 9.68. The van der Waals surface area contributed by atoms with Crippen LogP contribution in [0.5, 0.6) is 5.75 Å². The molecule has 3 amide bonds. The number of para-hydroxylation sites is 2. The number of urea groups is 1. The van der Waals surface area contributed by atoms with E-state index in [0.29, 0.717) is 56.5 Å². The van der Waals surface area contributed by atoms with Crippen LogP contribution in [0.15, 0.2) is 47.0 Å². The molecule has 3 aromatic rings. The Morgan fingerprint density at radius 2 is 1.66 bits per heavy atom. The first-order valence-corrected chi connectivity index (χ1v) is 13.3. The molecule has 0 radical (unpaired) electrons. The molecule has 41 heavy (non-hydrogen) atoms. The summed E-state index contributed by atoms with van der Waals surface area (Å²) in [5, 5.41) is 5.29. The fourth-order valence-electron chi connectivity index (χ4n) is 4.79. The van der Waals surface area contributed by atoms with Crippen molar-refractivity contribution < 1.29 is 31.9 Å². The number of nitrogens with one attached hydrogen (secondary N) is 2. The van der Waals surface area contributed by atoms with Crippen LogP contribution in [0.4, 0.5) is 41.2 Å². The van der Waals surface area contributed by atoms with Gasteiger partial charge < -0.3 is 34.5 Å². The molecule has 2 aliphatic rings. The maximum Gasteiger partial charge on any atom is 0.437 e. The van der Waals surface area contributed by atoms with Crippen LogP contribution >= 0.6 is 0 Å². The van der Waals surface area contributed by atoms with Crippen molar-refractivity contribution in [3.05, 3.63) is 54.0 Å². The zero-order valence-electron chi connectivity index (χ0n) is 22.4. The number of ether oxygens (including phenoxy) is 1. The van der Waals surface area contributed by atoms with E-state index in [4.69, 9.17) is 9.15 Å². The summed E-state index contributed by atoms with van der Waals surface area (Å²) in [5.41, 5.74) is -0.567. The van der Waals surface area contributed by atoms with Crippen molar-refractivity contribution in [3.8, 4) is 5.75 Å². The van der Waals surface area contributed by atoms with Crippen LogP contribution in [-0.2, 0) is 6.18 Å². The normalized spacial score (nSPS) is 16.0. The number of pyridine rings is 1. The highest BCUT2D eigenvalue weighted by atomic mass is 19.4. The standard InChI is InChI=1S/C27H30F3N7O4/c1-40-20-8-4-3-7-19(20)33-25(39)36-15-13-35(14-16-36)21-10-9-18(17-31-21)32-24(38)22-23(27(28,29)30)34-26(41-22)37-11-5-2-6-12-37/h3-4,7-10,17H,2,5-6,11-16H2,1H3,(H,32,38)(H,33,39). The highest BCUT2D eigenvalue weighted by molar-refractivity contribution is 6.03. The maximum absolute atomic E-state index is 13.6. The number of methoxy groups -OCH3 is 1. The summed E-state index contributed by atoms with van der Waals surface area (Å²) in [5.74, 6) is -0.769. The number of amides is 3. The topological polar surface area (TPSA) is 116 Å². The van der Waals surface area contributed by atoms with Crippen molar-refractivity contribution in [2.24, 2.45) is 0 Å². The number of carbonyl (C=O) groups excluding carboxylic acids is 2. The molecule has 0 bridgehead atoms. The van der Waals surface area contributed by atoms with E-state index in [2.05, 4.69) is 20.6 Å². The van der Waals surface area contributed by atoms with Crippen LogP contribution < -0.4 is 25.2 Å². The van der Waals surface area contributed by atoms with Gasteiger partial charge in [0.1, 0.15) is 11.6 Å². The summed E-state index contributed by atoms with van der Waals surface area (Å²) in [7, 11) is 1.54. The number of anilines is 4. The smallest absolute Gasteiger partial charge is 0.437 e. The van der Waals surface area contributed by atoms with E-state index in [1.54, 1.807) is 40.1 Å². The molecule has 14 heteroatoms. The molecule has 0 aliphatic carbocycles. The Hall–Kier alpha value is -4.49. The summed E-state index contributed by atoms with van der Waals surface area (Å²) in [6.07, 6.45) is -0.876. The molecule has 2 aromatic heterocycles. The number of rotatable bonds is 6. The lowest BCUT2D eigenvalue weighted by Crippen LogP contribution is -2.50. The molecule has 0 unspecified atom stereocenters. The number of piperidine rings is 1. The van der Waals surface area contributed by atoms with Gasteiger partial charge in [-0.25, -0.2) is 9.78 Å². The van der Waals surface area contributed by atoms with Crippen LogP contribution in [0.2, 0.25) is 0 Å². The Bertz CT molecular complexity index is 1370. The number of alkyl halides is 3. The third kappa shape index (κ3) is 6.47. The summed E-state index contributed by atoms with van der Waals surface area (Å²) < 4.78 is 51.5. The number of oxazole rings is 1. The van der Waals surface area contributed by atoms with Crippen molar-refractivity contribution >= 4 is 35.1 Å². The maximum atomic E-state index is 13.6. The Labute approximate surface area is 234 Å². The molecule has 2 aliphatic heterocycles. The van der Waals surface area contributed by atoms with E-state index in [0.717, 1.165) is 19.3 Å². The number of hydrogen-bond donors (Lipinski definition) is 2. The molecule has 0 spiro atoms. The van der Waals surface area contributed by atoms with Crippen LogP contribution in [0.25, 0.3) is 0 Å². The lowest BCUT2D eigenvalue weighted by Gasteiger charge is -2.35. The molecule has 218 valence electrons. The summed E-state index contributed by atoms with van der Waals surface area (Å²) >= 11 is 0. The molecular formula is C27H30F3N7O4. The van der Waals surface area contributed by atoms with Gasteiger partial charge in [0.25, 0.3) is 11.9 Å². The number of benzene rings is 1. The molecule has 0 saturated carbocycles. The SMILES string of the molecule is COc1ccccc1NC(=O)N1CCN(c2ccc(NC(=O)c3oc(N4CCCCC4)nc3C(F)(F)F)cn2)CC1. The molecule has 4 heterocycles. The number of carbonyl (C=O) groups is 2. The van der Waals surface area contributed by atoms with Gasteiger partial charge in [-0.3, -0.25) is 4.79 Å². The van der Waals surface area contributed by atoms with Crippen molar-refractivity contribution in [3.63, 3.8) is 0 Å². The lowest BCUT2D eigenvalue weighted by molar-refractivity contribution is -0.141. The second kappa shape index (κ2) is 11.9. The average Bonchev–Trinajstić information content (AvgIpc) is 3.45. The van der Waals surface area contributed by atoms with Crippen molar-refractivity contribution in [2.45, 2.75) is 25.4 Å². The largest absolute Gasteiger partial charge is 0.495 e. The fraction of sp³-hybridized carbons (Fsp3) is 0.407. The van der Waals surface area contributed by atoms with Crippen LogP contribution in [0.1, 0.15) is 35.5 Å². The van der Waals surface area contributed by atoms with Gasteiger partial charge in [0, 0.05) is 39.3 Å². The van der Waals surface area contributed by atoms with E-state index < -0.39 is 23.5 Å². The van der Waals surface area contributed by atoms with Gasteiger partial charge >= 0.3 is 12.2 Å². The number of aromatic nitrogens is 2. The average molecular weight is 574 g/mol. The van der Waals surface area contributed by atoms with E-state index in [9.17, 15) is 22.8 Å². The Kier molecular flexibility index (Phi) is 8.17. The number of halogens is 3. The number of piperazine rings is 1. The molecule has 2 N–H and O–H groups in total. The molecule has 5 rings (SSSR count). The van der Waals surface area contributed by atoms with Crippen LogP contribution in [0, 0.1) is 0 Å². The summed E-state index contributed by atoms with van der Waals surface area (Å²) in [6, 6.07) is 9.91. The molecule has 2 fully saturated rings. The molecule has 1 aromatic carbocycles. The third-order valence-corrected chi connectivity index (χ3v) is 6.96. The number of nitrogens with zero attached hydrogens (tertiary/aromatic N) is 5. The predicted molar refractivity (Wildman–Crippen MR) is 146 cm³/mol. The minimum atomic E-state index is -4.85. The minimum Gasteiger partial charge on any atom is -0.495 e. The lowest BCUT2D eigenvalue weighted by atomic mass is 10.1. The molecule has 11 nitrogen and oxygen atoms in total. The Balaban J connectivity index is 1.19. The number of hydrogen-bond acceptors (Lipinski definition) is 8. The van der Waals surface area contributed by atoms with E-state index in [1.807, 2.05) is 11.0 Å². The first kappa shape index (κ1) is 28.1. The monoisotopic (exact) mass is 573 g/mol. The van der Waals surface area contributed by atoms with Gasteiger partial charge in [-0.2, -0.15) is 18.2 Å². The quantitative estimate of drug-likeness (QED) is 0.436. The zero-order valence-corrected chi connectivity index (χ0v) is 22.4. The van der Waals surface area contributed by atoms with E-state index in [-0.39, 0.29) is 17.7 Å². The van der Waals surface area contributed by atoms with Gasteiger partial charge in [0.15, 0.2) is 5.69 Å². The van der Waals surface area contributed by atoms with Gasteiger partial charge in [0.05, 0.1) is 24.7 Å². The first-order valence-electron chi connectivity index (χ1n) is 13.3. The molecule has 0 atom stereocenters. The van der Waals surface area contributed by atoms with Crippen molar-refractivity contribution in [2.75, 3.05) is 66.8 Å². The van der Waals surface area contributed by atoms with E-state index in [1.165, 1.54) is 13.3 Å². The minimum absolute atomic E-state index is 0.202. The second-order valence-electron chi connectivity index (χ2n) is 9.68. The summed E-state index contributed by atoms with van der Waals surface area (Å²) in [6.45, 7) is 2.98. The van der Waals surface area contributed by atoms with Crippen molar-refractivity contribution in [1.82, 2.24) is 14.9 Å². The first-order chi connectivity index (χ1) is 19.7. The Morgan fingerprint density at radius 3 is 2.32 bits per heavy atom. The highest BCUT2D eigenvalue weighted by Gasteiger charge is 2.42. The highest BCUT2D eigenvalue weighted by Crippen LogP contribution is 2.35. The molecular weight excluding hydrogens is 543 g/mol. The van der Waals surface area contributed by atoms with Gasteiger partial charge in [-0.05, 0) is 43.5 Å². The zero-order chi connectivity index (χ0) is 29.0. The van der Waals surface area contributed by atoms with Crippen LogP contribution in [0.3, 0.4) is 0 Å². The predicted octanol–water partition coefficient (Wildman–Crippen LogP) is 4.69.